The molecule has 2 N–H and O–H groups in total. The summed E-state index contributed by atoms with van der Waals surface area (Å²) in [6, 6.07) is 1.56. The van der Waals surface area contributed by atoms with Gasteiger partial charge in [-0.2, -0.15) is 0 Å². The van der Waals surface area contributed by atoms with Gasteiger partial charge in [0.1, 0.15) is 0 Å². The average Bonchev–Trinajstić information content (AvgIpc) is 3.02. The van der Waals surface area contributed by atoms with Crippen molar-refractivity contribution in [2.75, 3.05) is 45.9 Å². The molecule has 2 heterocycles. The molecule has 1 aliphatic carbocycles. The summed E-state index contributed by atoms with van der Waals surface area (Å²) in [5.74, 6) is 0.883. The maximum Gasteiger partial charge on any atom is 0.0594 e. The number of piperidine rings is 1. The SMILES string of the molecule is C1CCC(C2CCCC2NCCCN2CCOCC2)NC1. The lowest BCUT2D eigenvalue weighted by atomic mass is 9.88. The summed E-state index contributed by atoms with van der Waals surface area (Å²) in [7, 11) is 0. The van der Waals surface area contributed by atoms with E-state index in [1.54, 1.807) is 0 Å². The molecule has 1 saturated carbocycles. The van der Waals surface area contributed by atoms with E-state index in [2.05, 4.69) is 15.5 Å². The zero-order valence-electron chi connectivity index (χ0n) is 13.5. The summed E-state index contributed by atoms with van der Waals surface area (Å²) in [4.78, 5) is 2.54. The van der Waals surface area contributed by atoms with E-state index in [4.69, 9.17) is 4.74 Å². The van der Waals surface area contributed by atoms with Crippen LogP contribution in [0.2, 0.25) is 0 Å². The molecule has 21 heavy (non-hydrogen) atoms. The van der Waals surface area contributed by atoms with Gasteiger partial charge in [0.05, 0.1) is 13.2 Å². The van der Waals surface area contributed by atoms with Crippen LogP contribution in [0, 0.1) is 5.92 Å². The molecule has 4 heteroatoms. The third-order valence-electron chi connectivity index (χ3n) is 5.60. The number of hydrogen-bond donors (Lipinski definition) is 2. The Hall–Kier alpha value is -0.160. The molecule has 2 saturated heterocycles. The van der Waals surface area contributed by atoms with E-state index in [1.165, 1.54) is 64.6 Å². The topological polar surface area (TPSA) is 36.5 Å². The van der Waals surface area contributed by atoms with E-state index in [-0.39, 0.29) is 0 Å². The van der Waals surface area contributed by atoms with Crippen LogP contribution in [0.3, 0.4) is 0 Å². The monoisotopic (exact) mass is 295 g/mol. The molecule has 122 valence electrons. The van der Waals surface area contributed by atoms with Gasteiger partial charge in [-0.1, -0.05) is 12.8 Å². The summed E-state index contributed by atoms with van der Waals surface area (Å²) >= 11 is 0. The maximum atomic E-state index is 5.40. The Morgan fingerprint density at radius 2 is 1.95 bits per heavy atom. The van der Waals surface area contributed by atoms with Gasteiger partial charge in [0, 0.05) is 25.2 Å². The van der Waals surface area contributed by atoms with Gasteiger partial charge in [0.2, 0.25) is 0 Å². The Kier molecular flexibility index (Phi) is 6.34. The fraction of sp³-hybridized carbons (Fsp3) is 1.00. The van der Waals surface area contributed by atoms with E-state index in [1.807, 2.05) is 0 Å². The Bertz CT molecular complexity index is 288. The summed E-state index contributed by atoms with van der Waals surface area (Å²) in [6.07, 6.45) is 9.72. The average molecular weight is 295 g/mol. The lowest BCUT2D eigenvalue weighted by Gasteiger charge is -2.33. The van der Waals surface area contributed by atoms with Crippen LogP contribution in [0.4, 0.5) is 0 Å². The Morgan fingerprint density at radius 1 is 1.05 bits per heavy atom. The molecular weight excluding hydrogens is 262 g/mol. The molecule has 3 unspecified atom stereocenters. The summed E-state index contributed by atoms with van der Waals surface area (Å²) in [6.45, 7) is 7.75. The fourth-order valence-corrected chi connectivity index (χ4v) is 4.38. The number of hydrogen-bond acceptors (Lipinski definition) is 4. The van der Waals surface area contributed by atoms with E-state index in [9.17, 15) is 0 Å². The van der Waals surface area contributed by atoms with Crippen molar-refractivity contribution in [3.8, 4) is 0 Å². The lowest BCUT2D eigenvalue weighted by molar-refractivity contribution is 0.0373. The molecule has 3 fully saturated rings. The number of ether oxygens (including phenoxy) is 1. The molecule has 0 aromatic heterocycles. The fourth-order valence-electron chi connectivity index (χ4n) is 4.38. The molecule has 0 aromatic carbocycles. The van der Waals surface area contributed by atoms with Crippen molar-refractivity contribution in [3.05, 3.63) is 0 Å². The minimum Gasteiger partial charge on any atom is -0.379 e. The van der Waals surface area contributed by atoms with Crippen LogP contribution >= 0.6 is 0 Å². The van der Waals surface area contributed by atoms with Crippen LogP contribution in [0.5, 0.6) is 0 Å². The summed E-state index contributed by atoms with van der Waals surface area (Å²) < 4.78 is 5.40. The Morgan fingerprint density at radius 3 is 2.76 bits per heavy atom. The molecule has 3 aliphatic rings. The summed E-state index contributed by atoms with van der Waals surface area (Å²) in [5.41, 5.74) is 0. The molecule has 3 atom stereocenters. The minimum absolute atomic E-state index is 0.769. The van der Waals surface area contributed by atoms with Gasteiger partial charge in [-0.25, -0.2) is 0 Å². The maximum absolute atomic E-state index is 5.40. The van der Waals surface area contributed by atoms with Gasteiger partial charge in [-0.15, -0.1) is 0 Å². The molecule has 4 nitrogen and oxygen atoms in total. The highest BCUT2D eigenvalue weighted by atomic mass is 16.5. The lowest BCUT2D eigenvalue weighted by Crippen LogP contribution is -2.47. The van der Waals surface area contributed by atoms with Crippen molar-refractivity contribution in [2.24, 2.45) is 5.92 Å². The zero-order chi connectivity index (χ0) is 14.3. The minimum atomic E-state index is 0.769. The third-order valence-corrected chi connectivity index (χ3v) is 5.60. The zero-order valence-corrected chi connectivity index (χ0v) is 13.5. The molecule has 0 amide bonds. The second kappa shape index (κ2) is 8.47. The number of nitrogens with zero attached hydrogens (tertiary/aromatic N) is 1. The van der Waals surface area contributed by atoms with Gasteiger partial charge in [-0.3, -0.25) is 4.90 Å². The van der Waals surface area contributed by atoms with Crippen molar-refractivity contribution in [3.63, 3.8) is 0 Å². The van der Waals surface area contributed by atoms with Crippen LogP contribution < -0.4 is 10.6 Å². The Labute approximate surface area is 130 Å². The normalized spacial score (nSPS) is 35.1. The van der Waals surface area contributed by atoms with Crippen molar-refractivity contribution in [2.45, 2.75) is 57.0 Å². The highest BCUT2D eigenvalue weighted by Gasteiger charge is 2.33. The van der Waals surface area contributed by atoms with Gasteiger partial charge in [0.15, 0.2) is 0 Å². The first-order valence-electron chi connectivity index (χ1n) is 9.20. The standard InChI is InChI=1S/C17H33N3O/c1-2-8-18-16(6-1)15-5-3-7-17(15)19-9-4-10-20-11-13-21-14-12-20/h15-19H,1-14H2. The number of morpholine rings is 1. The van der Waals surface area contributed by atoms with Crippen molar-refractivity contribution >= 4 is 0 Å². The van der Waals surface area contributed by atoms with Crippen molar-refractivity contribution < 1.29 is 4.74 Å². The quantitative estimate of drug-likeness (QED) is 0.730. The highest BCUT2D eigenvalue weighted by molar-refractivity contribution is 4.92. The molecular formula is C17H33N3O. The molecule has 0 bridgehead atoms. The van der Waals surface area contributed by atoms with Gasteiger partial charge >= 0.3 is 0 Å². The summed E-state index contributed by atoms with van der Waals surface area (Å²) in [5, 5.41) is 7.64. The van der Waals surface area contributed by atoms with Crippen LogP contribution in [0.15, 0.2) is 0 Å². The largest absolute Gasteiger partial charge is 0.379 e. The molecule has 0 aromatic rings. The molecule has 3 rings (SSSR count). The first-order valence-corrected chi connectivity index (χ1v) is 9.20. The highest BCUT2D eigenvalue weighted by Crippen LogP contribution is 2.31. The van der Waals surface area contributed by atoms with Gasteiger partial charge in [-0.05, 0) is 57.7 Å². The van der Waals surface area contributed by atoms with Crippen molar-refractivity contribution in [1.29, 1.82) is 0 Å². The van der Waals surface area contributed by atoms with E-state index in [0.29, 0.717) is 0 Å². The molecule has 0 radical (unpaired) electrons. The predicted molar refractivity (Wildman–Crippen MR) is 86.6 cm³/mol. The number of nitrogens with one attached hydrogen (secondary N) is 2. The molecule has 2 aliphatic heterocycles. The number of rotatable bonds is 6. The van der Waals surface area contributed by atoms with Gasteiger partial charge in [0.25, 0.3) is 0 Å². The van der Waals surface area contributed by atoms with Crippen LogP contribution in [0.25, 0.3) is 0 Å². The van der Waals surface area contributed by atoms with E-state index >= 15 is 0 Å². The van der Waals surface area contributed by atoms with Gasteiger partial charge < -0.3 is 15.4 Å². The second-order valence-electron chi connectivity index (χ2n) is 7.02. The third kappa shape index (κ3) is 4.65. The first-order chi connectivity index (χ1) is 10.4. The predicted octanol–water partition coefficient (Wildman–Crippen LogP) is 1.61. The van der Waals surface area contributed by atoms with Crippen LogP contribution in [0.1, 0.15) is 44.9 Å². The first kappa shape index (κ1) is 15.7. The molecule has 0 spiro atoms. The Balaban J connectivity index is 1.33. The van der Waals surface area contributed by atoms with Crippen molar-refractivity contribution in [1.82, 2.24) is 15.5 Å². The van der Waals surface area contributed by atoms with E-state index in [0.717, 1.165) is 44.3 Å². The second-order valence-corrected chi connectivity index (χ2v) is 7.02. The van der Waals surface area contributed by atoms with Crippen LogP contribution in [-0.4, -0.2) is 62.9 Å². The van der Waals surface area contributed by atoms with E-state index < -0.39 is 0 Å². The smallest absolute Gasteiger partial charge is 0.0594 e. The van der Waals surface area contributed by atoms with Crippen LogP contribution in [-0.2, 0) is 4.74 Å².